The molecule has 0 saturated carbocycles. The molecule has 0 aromatic rings. The molecule has 0 aliphatic carbocycles. The molecular formula is C4H9BO3. The fraction of sp³-hybridized carbons (Fsp3) is 0.500. The SMILES string of the molecule is C=C(CC)OB(O)O. The van der Waals surface area contributed by atoms with Crippen LogP contribution in [0.4, 0.5) is 0 Å². The van der Waals surface area contributed by atoms with Crippen molar-refractivity contribution < 1.29 is 14.7 Å². The summed E-state index contributed by atoms with van der Waals surface area (Å²) in [6.45, 7) is 5.18. The van der Waals surface area contributed by atoms with Gasteiger partial charge < -0.3 is 14.7 Å². The summed E-state index contributed by atoms with van der Waals surface area (Å²) in [4.78, 5) is 0. The first-order chi connectivity index (χ1) is 3.66. The van der Waals surface area contributed by atoms with E-state index in [-0.39, 0.29) is 0 Å². The lowest BCUT2D eigenvalue weighted by Gasteiger charge is -2.02. The van der Waals surface area contributed by atoms with Gasteiger partial charge in [-0.1, -0.05) is 13.5 Å². The number of rotatable bonds is 3. The Kier molecular flexibility index (Phi) is 3.31. The molecule has 46 valence electrons. The van der Waals surface area contributed by atoms with Gasteiger partial charge in [-0.25, -0.2) is 0 Å². The predicted molar refractivity (Wildman–Crippen MR) is 30.7 cm³/mol. The molecule has 0 aromatic carbocycles. The van der Waals surface area contributed by atoms with Crippen LogP contribution in [0.3, 0.4) is 0 Å². The van der Waals surface area contributed by atoms with E-state index in [0.29, 0.717) is 12.2 Å². The minimum absolute atomic E-state index is 0.375. The van der Waals surface area contributed by atoms with Gasteiger partial charge in [0.25, 0.3) is 0 Å². The van der Waals surface area contributed by atoms with Crippen LogP contribution in [0.15, 0.2) is 12.3 Å². The molecule has 4 heteroatoms. The summed E-state index contributed by atoms with van der Waals surface area (Å²) in [5.41, 5.74) is 0. The van der Waals surface area contributed by atoms with Crippen LogP contribution in [0, 0.1) is 0 Å². The van der Waals surface area contributed by atoms with Crippen LogP contribution < -0.4 is 0 Å². The zero-order chi connectivity index (χ0) is 6.57. The highest BCUT2D eigenvalue weighted by Gasteiger charge is 2.09. The van der Waals surface area contributed by atoms with Crippen molar-refractivity contribution in [2.45, 2.75) is 13.3 Å². The molecule has 8 heavy (non-hydrogen) atoms. The summed E-state index contributed by atoms with van der Waals surface area (Å²) >= 11 is 0. The third-order valence-electron chi connectivity index (χ3n) is 0.666. The molecule has 0 amide bonds. The standard InChI is InChI=1S/C4H9BO3/c1-3-4(2)8-5(6)7/h6-7H,2-3H2,1H3. The monoisotopic (exact) mass is 116 g/mol. The van der Waals surface area contributed by atoms with Crippen molar-refractivity contribution in [2.24, 2.45) is 0 Å². The Morgan fingerprint density at radius 2 is 2.25 bits per heavy atom. The second-order valence-electron chi connectivity index (χ2n) is 1.34. The molecule has 2 N–H and O–H groups in total. The van der Waals surface area contributed by atoms with Gasteiger partial charge in [-0.2, -0.15) is 0 Å². The van der Waals surface area contributed by atoms with Gasteiger partial charge in [-0.05, 0) is 6.42 Å². The van der Waals surface area contributed by atoms with Gasteiger partial charge in [0, 0.05) is 0 Å². The molecule has 0 bridgehead atoms. The van der Waals surface area contributed by atoms with Gasteiger partial charge in [0.1, 0.15) is 0 Å². The van der Waals surface area contributed by atoms with Crippen LogP contribution in [0.1, 0.15) is 13.3 Å². The number of hydrogen-bond donors (Lipinski definition) is 2. The van der Waals surface area contributed by atoms with E-state index >= 15 is 0 Å². The summed E-state index contributed by atoms with van der Waals surface area (Å²) in [6.07, 6.45) is 0.595. The number of allylic oxidation sites excluding steroid dienone is 1. The summed E-state index contributed by atoms with van der Waals surface area (Å²) in [5.74, 6) is 0.375. The van der Waals surface area contributed by atoms with Gasteiger partial charge in [-0.15, -0.1) is 0 Å². The molecule has 0 atom stereocenters. The first-order valence-electron chi connectivity index (χ1n) is 2.37. The molecule has 0 rings (SSSR count). The van der Waals surface area contributed by atoms with Crippen molar-refractivity contribution in [2.75, 3.05) is 0 Å². The summed E-state index contributed by atoms with van der Waals surface area (Å²) in [6, 6.07) is 0. The fourth-order valence-electron chi connectivity index (χ4n) is 0.232. The molecule has 0 aromatic heterocycles. The molecule has 0 aliphatic heterocycles. The van der Waals surface area contributed by atoms with Crippen LogP contribution in [-0.4, -0.2) is 17.4 Å². The van der Waals surface area contributed by atoms with E-state index in [1.165, 1.54) is 0 Å². The highest BCUT2D eigenvalue weighted by molar-refractivity contribution is 6.33. The van der Waals surface area contributed by atoms with E-state index in [4.69, 9.17) is 10.0 Å². The van der Waals surface area contributed by atoms with Crippen molar-refractivity contribution in [3.63, 3.8) is 0 Å². The van der Waals surface area contributed by atoms with E-state index in [1.54, 1.807) is 0 Å². The van der Waals surface area contributed by atoms with Gasteiger partial charge in [-0.3, -0.25) is 0 Å². The van der Waals surface area contributed by atoms with Crippen molar-refractivity contribution in [3.05, 3.63) is 12.3 Å². The smallest absolute Gasteiger partial charge is 0.516 e. The van der Waals surface area contributed by atoms with E-state index in [2.05, 4.69) is 11.2 Å². The quantitative estimate of drug-likeness (QED) is 0.399. The van der Waals surface area contributed by atoms with Crippen LogP contribution in [0.25, 0.3) is 0 Å². The Labute approximate surface area is 48.8 Å². The van der Waals surface area contributed by atoms with Crippen molar-refractivity contribution in [1.29, 1.82) is 0 Å². The molecule has 0 fully saturated rings. The predicted octanol–water partition coefficient (Wildman–Crippen LogP) is -0.104. The van der Waals surface area contributed by atoms with Crippen molar-refractivity contribution in [1.82, 2.24) is 0 Å². The highest BCUT2D eigenvalue weighted by atomic mass is 16.6. The Hall–Kier alpha value is -0.475. The maximum absolute atomic E-state index is 8.13. The zero-order valence-electron chi connectivity index (χ0n) is 4.79. The van der Waals surface area contributed by atoms with Crippen LogP contribution in [0.5, 0.6) is 0 Å². The molecule has 0 heterocycles. The Balaban J connectivity index is 3.25. The lowest BCUT2D eigenvalue weighted by Crippen LogP contribution is -2.15. The average Bonchev–Trinajstić information content (AvgIpc) is 1.65. The Morgan fingerprint density at radius 1 is 1.75 bits per heavy atom. The Bertz CT molecular complexity index is 81.4. The molecule has 0 spiro atoms. The molecule has 3 nitrogen and oxygen atoms in total. The highest BCUT2D eigenvalue weighted by Crippen LogP contribution is 1.97. The lowest BCUT2D eigenvalue weighted by molar-refractivity contribution is 0.233. The summed E-state index contributed by atoms with van der Waals surface area (Å²) in [7, 11) is -1.72. The molecule has 0 aliphatic rings. The lowest BCUT2D eigenvalue weighted by atomic mass is 10.2. The summed E-state index contributed by atoms with van der Waals surface area (Å²) < 4.78 is 4.32. The normalized spacial score (nSPS) is 8.38. The van der Waals surface area contributed by atoms with E-state index in [9.17, 15) is 0 Å². The van der Waals surface area contributed by atoms with Gasteiger partial charge in [0.15, 0.2) is 0 Å². The second-order valence-corrected chi connectivity index (χ2v) is 1.34. The third kappa shape index (κ3) is 3.71. The first-order valence-corrected chi connectivity index (χ1v) is 2.37. The van der Waals surface area contributed by atoms with Gasteiger partial charge in [0.2, 0.25) is 0 Å². The second kappa shape index (κ2) is 3.52. The minimum Gasteiger partial charge on any atom is -0.516 e. The molecule has 0 unspecified atom stereocenters. The van der Waals surface area contributed by atoms with Gasteiger partial charge >= 0.3 is 7.32 Å². The van der Waals surface area contributed by atoms with E-state index in [0.717, 1.165) is 0 Å². The van der Waals surface area contributed by atoms with Crippen LogP contribution in [-0.2, 0) is 4.65 Å². The molecular weight excluding hydrogens is 107 g/mol. The van der Waals surface area contributed by atoms with Crippen molar-refractivity contribution in [3.8, 4) is 0 Å². The van der Waals surface area contributed by atoms with E-state index in [1.807, 2.05) is 6.92 Å². The molecule has 0 saturated heterocycles. The average molecular weight is 116 g/mol. The van der Waals surface area contributed by atoms with E-state index < -0.39 is 7.32 Å². The maximum Gasteiger partial charge on any atom is 0.707 e. The van der Waals surface area contributed by atoms with Crippen molar-refractivity contribution >= 4 is 7.32 Å². The zero-order valence-corrected chi connectivity index (χ0v) is 4.79. The van der Waals surface area contributed by atoms with Gasteiger partial charge in [0.05, 0.1) is 5.76 Å². The molecule has 0 radical (unpaired) electrons. The number of hydrogen-bond acceptors (Lipinski definition) is 3. The largest absolute Gasteiger partial charge is 0.707 e. The minimum atomic E-state index is -1.72. The Morgan fingerprint density at radius 3 is 2.38 bits per heavy atom. The fourth-order valence-corrected chi connectivity index (χ4v) is 0.232. The maximum atomic E-state index is 8.13. The summed E-state index contributed by atoms with van der Waals surface area (Å²) in [5, 5.41) is 16.3. The third-order valence-corrected chi connectivity index (χ3v) is 0.666. The topological polar surface area (TPSA) is 49.7 Å². The van der Waals surface area contributed by atoms with Crippen LogP contribution >= 0.6 is 0 Å². The van der Waals surface area contributed by atoms with Crippen LogP contribution in [0.2, 0.25) is 0 Å². The first kappa shape index (κ1) is 7.52.